The summed E-state index contributed by atoms with van der Waals surface area (Å²) in [5.41, 5.74) is 4.25. The first-order valence-corrected chi connectivity index (χ1v) is 6.24. The Balaban J connectivity index is 2.22. The van der Waals surface area contributed by atoms with Crippen LogP contribution in [0.3, 0.4) is 0 Å². The third-order valence-electron chi connectivity index (χ3n) is 3.04. The minimum Gasteiger partial charge on any atom is -0.248 e. The fourth-order valence-corrected chi connectivity index (χ4v) is 2.29. The molecule has 3 rings (SSSR count). The van der Waals surface area contributed by atoms with E-state index in [9.17, 15) is 0 Å². The van der Waals surface area contributed by atoms with Gasteiger partial charge in [-0.3, -0.25) is 0 Å². The van der Waals surface area contributed by atoms with E-state index >= 15 is 0 Å². The van der Waals surface area contributed by atoms with Gasteiger partial charge in [-0.05, 0) is 30.7 Å². The molecular formula is C16H12ClN. The van der Waals surface area contributed by atoms with Crippen LogP contribution in [0.15, 0.2) is 54.6 Å². The Morgan fingerprint density at radius 2 is 1.78 bits per heavy atom. The van der Waals surface area contributed by atoms with Crippen LogP contribution in [0.5, 0.6) is 0 Å². The van der Waals surface area contributed by atoms with Crippen molar-refractivity contribution >= 4 is 22.5 Å². The average Bonchev–Trinajstić information content (AvgIpc) is 2.39. The molecule has 0 saturated carbocycles. The SMILES string of the molecule is Cc1cccc2ccc(-c3cccc(Cl)c3)nc12. The van der Waals surface area contributed by atoms with Crippen molar-refractivity contribution < 1.29 is 0 Å². The van der Waals surface area contributed by atoms with Gasteiger partial charge in [-0.2, -0.15) is 0 Å². The zero-order valence-electron chi connectivity index (χ0n) is 10.0. The second kappa shape index (κ2) is 4.43. The van der Waals surface area contributed by atoms with Crippen LogP contribution in [0.25, 0.3) is 22.2 Å². The summed E-state index contributed by atoms with van der Waals surface area (Å²) in [6.07, 6.45) is 0. The summed E-state index contributed by atoms with van der Waals surface area (Å²) < 4.78 is 0. The van der Waals surface area contributed by atoms with E-state index in [1.165, 1.54) is 10.9 Å². The van der Waals surface area contributed by atoms with Crippen LogP contribution in [-0.2, 0) is 0 Å². The van der Waals surface area contributed by atoms with E-state index in [2.05, 4.69) is 31.2 Å². The zero-order valence-corrected chi connectivity index (χ0v) is 10.8. The van der Waals surface area contributed by atoms with Crippen molar-refractivity contribution in [2.75, 3.05) is 0 Å². The largest absolute Gasteiger partial charge is 0.248 e. The van der Waals surface area contributed by atoms with E-state index in [1.807, 2.05) is 30.3 Å². The fourth-order valence-electron chi connectivity index (χ4n) is 2.10. The van der Waals surface area contributed by atoms with Gasteiger partial charge in [0.1, 0.15) is 0 Å². The van der Waals surface area contributed by atoms with E-state index in [4.69, 9.17) is 16.6 Å². The van der Waals surface area contributed by atoms with E-state index in [0.29, 0.717) is 0 Å². The minimum atomic E-state index is 0.735. The summed E-state index contributed by atoms with van der Waals surface area (Å²) in [7, 11) is 0. The van der Waals surface area contributed by atoms with Crippen molar-refractivity contribution in [3.63, 3.8) is 0 Å². The molecule has 2 heteroatoms. The molecule has 0 aliphatic heterocycles. The second-order valence-corrected chi connectivity index (χ2v) is 4.79. The molecule has 0 bridgehead atoms. The van der Waals surface area contributed by atoms with E-state index < -0.39 is 0 Å². The van der Waals surface area contributed by atoms with Gasteiger partial charge < -0.3 is 0 Å². The van der Waals surface area contributed by atoms with Gasteiger partial charge in [0.15, 0.2) is 0 Å². The number of hydrogen-bond donors (Lipinski definition) is 0. The highest BCUT2D eigenvalue weighted by Gasteiger charge is 2.03. The Kier molecular flexibility index (Phi) is 2.77. The first kappa shape index (κ1) is 11.2. The molecule has 3 aromatic rings. The van der Waals surface area contributed by atoms with Crippen LogP contribution in [0, 0.1) is 6.92 Å². The molecule has 0 unspecified atom stereocenters. The Hall–Kier alpha value is -1.86. The first-order chi connectivity index (χ1) is 8.74. The van der Waals surface area contributed by atoms with E-state index in [1.54, 1.807) is 0 Å². The van der Waals surface area contributed by atoms with Crippen molar-refractivity contribution in [2.45, 2.75) is 6.92 Å². The highest BCUT2D eigenvalue weighted by molar-refractivity contribution is 6.30. The van der Waals surface area contributed by atoms with Crippen molar-refractivity contribution in [1.82, 2.24) is 4.98 Å². The van der Waals surface area contributed by atoms with Gasteiger partial charge in [0.05, 0.1) is 11.2 Å². The summed E-state index contributed by atoms with van der Waals surface area (Å²) in [5.74, 6) is 0. The number of aryl methyl sites for hydroxylation is 1. The molecule has 1 heterocycles. The van der Waals surface area contributed by atoms with Gasteiger partial charge >= 0.3 is 0 Å². The van der Waals surface area contributed by atoms with Gasteiger partial charge in [-0.15, -0.1) is 0 Å². The molecule has 0 fully saturated rings. The Morgan fingerprint density at radius 3 is 2.61 bits per heavy atom. The molecule has 88 valence electrons. The summed E-state index contributed by atoms with van der Waals surface area (Å²) in [4.78, 5) is 4.73. The predicted octanol–water partition coefficient (Wildman–Crippen LogP) is 4.86. The Labute approximate surface area is 111 Å². The lowest BCUT2D eigenvalue weighted by Crippen LogP contribution is -1.87. The van der Waals surface area contributed by atoms with Gasteiger partial charge in [-0.25, -0.2) is 4.98 Å². The smallest absolute Gasteiger partial charge is 0.0738 e. The molecular weight excluding hydrogens is 242 g/mol. The highest BCUT2D eigenvalue weighted by Crippen LogP contribution is 2.24. The molecule has 1 aromatic heterocycles. The number of pyridine rings is 1. The predicted molar refractivity (Wildman–Crippen MR) is 76.9 cm³/mol. The number of fused-ring (bicyclic) bond motifs is 1. The highest BCUT2D eigenvalue weighted by atomic mass is 35.5. The van der Waals surface area contributed by atoms with Gasteiger partial charge in [0, 0.05) is 16.0 Å². The Morgan fingerprint density at radius 1 is 0.944 bits per heavy atom. The quantitative estimate of drug-likeness (QED) is 0.603. The molecule has 0 atom stereocenters. The molecule has 0 aliphatic rings. The maximum Gasteiger partial charge on any atom is 0.0738 e. The zero-order chi connectivity index (χ0) is 12.5. The molecule has 1 nitrogen and oxygen atoms in total. The monoisotopic (exact) mass is 253 g/mol. The fraction of sp³-hybridized carbons (Fsp3) is 0.0625. The topological polar surface area (TPSA) is 12.9 Å². The van der Waals surface area contributed by atoms with Crippen LogP contribution < -0.4 is 0 Å². The van der Waals surface area contributed by atoms with E-state index in [-0.39, 0.29) is 0 Å². The summed E-state index contributed by atoms with van der Waals surface area (Å²) in [5, 5.41) is 1.90. The molecule has 0 amide bonds. The van der Waals surface area contributed by atoms with Crippen molar-refractivity contribution in [3.8, 4) is 11.3 Å². The lowest BCUT2D eigenvalue weighted by atomic mass is 10.1. The third-order valence-corrected chi connectivity index (χ3v) is 3.28. The number of nitrogens with zero attached hydrogens (tertiary/aromatic N) is 1. The van der Waals surface area contributed by atoms with Crippen molar-refractivity contribution in [1.29, 1.82) is 0 Å². The maximum atomic E-state index is 6.02. The molecule has 0 aliphatic carbocycles. The number of aromatic nitrogens is 1. The molecule has 2 aromatic carbocycles. The Bertz CT molecular complexity index is 719. The molecule has 0 N–H and O–H groups in total. The van der Waals surface area contributed by atoms with Crippen LogP contribution in [0.1, 0.15) is 5.56 Å². The second-order valence-electron chi connectivity index (χ2n) is 4.35. The summed E-state index contributed by atoms with van der Waals surface area (Å²) >= 11 is 6.02. The molecule has 0 saturated heterocycles. The van der Waals surface area contributed by atoms with Gasteiger partial charge in [-0.1, -0.05) is 48.0 Å². The van der Waals surface area contributed by atoms with Gasteiger partial charge in [0.2, 0.25) is 0 Å². The first-order valence-electron chi connectivity index (χ1n) is 5.86. The van der Waals surface area contributed by atoms with Crippen LogP contribution in [0.4, 0.5) is 0 Å². The third kappa shape index (κ3) is 1.98. The molecule has 18 heavy (non-hydrogen) atoms. The van der Waals surface area contributed by atoms with Crippen LogP contribution >= 0.6 is 11.6 Å². The number of benzene rings is 2. The summed E-state index contributed by atoms with van der Waals surface area (Å²) in [6, 6.07) is 18.1. The normalized spacial score (nSPS) is 10.8. The standard InChI is InChI=1S/C16H12ClN/c1-11-4-2-5-12-8-9-15(18-16(11)12)13-6-3-7-14(17)10-13/h2-10H,1H3. The number of halogens is 1. The minimum absolute atomic E-state index is 0.735. The van der Waals surface area contributed by atoms with Crippen molar-refractivity contribution in [3.05, 3.63) is 65.2 Å². The number of rotatable bonds is 1. The molecule has 0 radical (unpaired) electrons. The van der Waals surface area contributed by atoms with Gasteiger partial charge in [0.25, 0.3) is 0 Å². The van der Waals surface area contributed by atoms with Crippen molar-refractivity contribution in [2.24, 2.45) is 0 Å². The molecule has 0 spiro atoms. The number of para-hydroxylation sites is 1. The van der Waals surface area contributed by atoms with E-state index in [0.717, 1.165) is 21.8 Å². The maximum absolute atomic E-state index is 6.02. The lowest BCUT2D eigenvalue weighted by Gasteiger charge is -2.05. The average molecular weight is 254 g/mol. The lowest BCUT2D eigenvalue weighted by molar-refractivity contribution is 1.36. The van der Waals surface area contributed by atoms with Crippen LogP contribution in [-0.4, -0.2) is 4.98 Å². The number of hydrogen-bond acceptors (Lipinski definition) is 1. The van der Waals surface area contributed by atoms with Crippen LogP contribution in [0.2, 0.25) is 5.02 Å². The summed E-state index contributed by atoms with van der Waals surface area (Å²) in [6.45, 7) is 2.08.